The zero-order valence-electron chi connectivity index (χ0n) is 19.1. The van der Waals surface area contributed by atoms with E-state index in [1.54, 1.807) is 12.1 Å². The lowest BCUT2D eigenvalue weighted by Gasteiger charge is -2.34. The summed E-state index contributed by atoms with van der Waals surface area (Å²) in [6, 6.07) is 39.3. The van der Waals surface area contributed by atoms with Gasteiger partial charge in [-0.1, -0.05) is 86.5 Å². The van der Waals surface area contributed by atoms with Crippen molar-refractivity contribution in [3.63, 3.8) is 0 Å². The molecule has 0 amide bonds. The third-order valence-electron chi connectivity index (χ3n) is 6.81. The normalized spacial score (nSPS) is 13.1. The van der Waals surface area contributed by atoms with Crippen LogP contribution in [0.4, 0.5) is 0 Å². The molecule has 4 heteroatoms. The van der Waals surface area contributed by atoms with E-state index in [2.05, 4.69) is 111 Å². The minimum atomic E-state index is -0.483. The summed E-state index contributed by atoms with van der Waals surface area (Å²) >= 11 is 7.46. The Morgan fingerprint density at radius 3 is 1.61 bits per heavy atom. The number of hydrogen-bond acceptors (Lipinski definition) is 2. The molecule has 2 nitrogen and oxygen atoms in total. The van der Waals surface area contributed by atoms with E-state index in [1.165, 1.54) is 27.8 Å². The van der Waals surface area contributed by atoms with Gasteiger partial charge in [0.15, 0.2) is 0 Å². The Morgan fingerprint density at radius 2 is 1.08 bits per heavy atom. The molecule has 0 unspecified atom stereocenters. The first kappa shape index (κ1) is 23.0. The fourth-order valence-electron chi connectivity index (χ4n) is 5.27. The van der Waals surface area contributed by atoms with Crippen LogP contribution in [0.1, 0.15) is 32.6 Å². The number of carbonyl (C=O) groups is 1. The van der Waals surface area contributed by atoms with Gasteiger partial charge in [-0.05, 0) is 94.0 Å². The van der Waals surface area contributed by atoms with E-state index < -0.39 is 5.41 Å². The Morgan fingerprint density at radius 1 is 0.583 bits per heavy atom. The van der Waals surface area contributed by atoms with Gasteiger partial charge in [-0.2, -0.15) is 0 Å². The number of hydrogen-bond donors (Lipinski definition) is 0. The maximum Gasteiger partial charge on any atom is 0.150 e. The molecule has 1 aliphatic carbocycles. The summed E-state index contributed by atoms with van der Waals surface area (Å²) in [5, 5.41) is 0. The molecular weight excluding hydrogens is 576 g/mol. The lowest BCUT2D eigenvalue weighted by molar-refractivity contribution is 0.112. The van der Waals surface area contributed by atoms with Gasteiger partial charge in [0.25, 0.3) is 0 Å². The molecule has 0 N–H and O–H groups in total. The first-order chi connectivity index (χ1) is 17.6. The van der Waals surface area contributed by atoms with Gasteiger partial charge in [0.2, 0.25) is 0 Å². The summed E-state index contributed by atoms with van der Waals surface area (Å²) in [6.07, 6.45) is 0.829. The predicted octanol–water partition coefficient (Wildman–Crippen LogP) is 9.18. The Kier molecular flexibility index (Phi) is 5.87. The number of aldehydes is 1. The second-order valence-corrected chi connectivity index (χ2v) is 10.6. The van der Waals surface area contributed by atoms with E-state index in [0.717, 1.165) is 26.5 Å². The van der Waals surface area contributed by atoms with Gasteiger partial charge >= 0.3 is 0 Å². The number of benzene rings is 5. The van der Waals surface area contributed by atoms with Crippen molar-refractivity contribution >= 4 is 38.1 Å². The van der Waals surface area contributed by atoms with Crippen LogP contribution in [0, 0.1) is 0 Å². The van der Waals surface area contributed by atoms with Gasteiger partial charge < -0.3 is 4.74 Å². The maximum atomic E-state index is 11.0. The molecule has 174 valence electrons. The molecule has 0 atom stereocenters. The van der Waals surface area contributed by atoms with Crippen molar-refractivity contribution < 1.29 is 9.53 Å². The summed E-state index contributed by atoms with van der Waals surface area (Å²) < 4.78 is 8.18. The molecule has 5 aromatic rings. The monoisotopic (exact) mass is 594 g/mol. The van der Waals surface area contributed by atoms with Crippen molar-refractivity contribution in [2.75, 3.05) is 0 Å². The highest BCUT2D eigenvalue weighted by Crippen LogP contribution is 2.57. The molecule has 0 spiro atoms. The van der Waals surface area contributed by atoms with Crippen LogP contribution in [-0.2, 0) is 5.41 Å². The third-order valence-corrected chi connectivity index (χ3v) is 7.79. The summed E-state index contributed by atoms with van der Waals surface area (Å²) in [6.45, 7) is 0. The second-order valence-electron chi connectivity index (χ2n) is 8.81. The van der Waals surface area contributed by atoms with Crippen molar-refractivity contribution in [2.45, 2.75) is 5.41 Å². The average Bonchev–Trinajstić information content (AvgIpc) is 3.19. The summed E-state index contributed by atoms with van der Waals surface area (Å²) in [5.74, 6) is 1.43. The highest BCUT2D eigenvalue weighted by molar-refractivity contribution is 9.10. The Hall–Kier alpha value is -3.47. The van der Waals surface area contributed by atoms with Crippen LogP contribution in [0.15, 0.2) is 124 Å². The predicted molar refractivity (Wildman–Crippen MR) is 151 cm³/mol. The minimum Gasteiger partial charge on any atom is -0.457 e. The summed E-state index contributed by atoms with van der Waals surface area (Å²) in [4.78, 5) is 11.0. The van der Waals surface area contributed by atoms with Gasteiger partial charge in [-0.15, -0.1) is 0 Å². The van der Waals surface area contributed by atoms with E-state index in [4.69, 9.17) is 4.74 Å². The number of halogens is 2. The van der Waals surface area contributed by atoms with Gasteiger partial charge in [0.1, 0.15) is 17.8 Å². The molecule has 6 rings (SSSR count). The van der Waals surface area contributed by atoms with E-state index in [9.17, 15) is 4.79 Å². The standard InChI is InChI=1S/C32H20Br2O2/c33-24-10-16-28-29-17-11-25(34)19-31(29)32(30(28)18-24,22-4-2-1-3-5-22)23-8-14-27(15-9-23)36-26-12-6-21(20-35)7-13-26/h1-20H. The van der Waals surface area contributed by atoms with Gasteiger partial charge in [-0.25, -0.2) is 0 Å². The molecule has 5 aromatic carbocycles. The number of carbonyl (C=O) groups excluding carboxylic acids is 1. The van der Waals surface area contributed by atoms with Crippen molar-refractivity contribution in [2.24, 2.45) is 0 Å². The molecule has 0 radical (unpaired) electrons. The molecule has 0 saturated carbocycles. The molecule has 0 saturated heterocycles. The van der Waals surface area contributed by atoms with Crippen LogP contribution in [0.3, 0.4) is 0 Å². The van der Waals surface area contributed by atoms with Crippen LogP contribution in [0.5, 0.6) is 11.5 Å². The maximum absolute atomic E-state index is 11.0. The Labute approximate surface area is 226 Å². The van der Waals surface area contributed by atoms with Crippen LogP contribution < -0.4 is 4.74 Å². The van der Waals surface area contributed by atoms with E-state index >= 15 is 0 Å². The van der Waals surface area contributed by atoms with Crippen molar-refractivity contribution in [3.8, 4) is 22.6 Å². The fraction of sp³-hybridized carbons (Fsp3) is 0.0312. The molecule has 36 heavy (non-hydrogen) atoms. The largest absolute Gasteiger partial charge is 0.457 e. The number of rotatable bonds is 5. The van der Waals surface area contributed by atoms with Crippen LogP contribution in [-0.4, -0.2) is 6.29 Å². The molecule has 1 aliphatic rings. The first-order valence-electron chi connectivity index (χ1n) is 11.6. The Bertz CT molecular complexity index is 1520. The molecule has 0 aliphatic heterocycles. The van der Waals surface area contributed by atoms with Gasteiger partial charge in [0, 0.05) is 14.5 Å². The van der Waals surface area contributed by atoms with Crippen LogP contribution >= 0.6 is 31.9 Å². The highest BCUT2D eigenvalue weighted by atomic mass is 79.9. The molecule has 0 heterocycles. The minimum absolute atomic E-state index is 0.483. The van der Waals surface area contributed by atoms with Crippen molar-refractivity contribution in [1.29, 1.82) is 0 Å². The summed E-state index contributed by atoms with van der Waals surface area (Å²) in [7, 11) is 0. The second kappa shape index (κ2) is 9.20. The Balaban J connectivity index is 1.54. The quantitative estimate of drug-likeness (QED) is 0.186. The lowest BCUT2D eigenvalue weighted by Crippen LogP contribution is -2.28. The lowest BCUT2D eigenvalue weighted by atomic mass is 9.68. The van der Waals surface area contributed by atoms with E-state index in [1.807, 2.05) is 24.3 Å². The zero-order chi connectivity index (χ0) is 24.7. The fourth-order valence-corrected chi connectivity index (χ4v) is 5.99. The van der Waals surface area contributed by atoms with Crippen LogP contribution in [0.2, 0.25) is 0 Å². The zero-order valence-corrected chi connectivity index (χ0v) is 22.3. The summed E-state index contributed by atoms with van der Waals surface area (Å²) in [5.41, 5.74) is 7.47. The number of fused-ring (bicyclic) bond motifs is 3. The smallest absolute Gasteiger partial charge is 0.150 e. The van der Waals surface area contributed by atoms with Crippen molar-refractivity contribution in [3.05, 3.63) is 152 Å². The molecule has 0 bridgehead atoms. The van der Waals surface area contributed by atoms with Crippen molar-refractivity contribution in [1.82, 2.24) is 0 Å². The SMILES string of the molecule is O=Cc1ccc(Oc2ccc(C3(c4ccccc4)c4cc(Br)ccc4-c4ccc(Br)cc43)cc2)cc1. The third kappa shape index (κ3) is 3.73. The average molecular weight is 596 g/mol. The van der Waals surface area contributed by atoms with Gasteiger partial charge in [0.05, 0.1) is 5.41 Å². The first-order valence-corrected chi connectivity index (χ1v) is 13.2. The molecule has 0 fully saturated rings. The van der Waals surface area contributed by atoms with E-state index in [-0.39, 0.29) is 0 Å². The molecular formula is C32H20Br2O2. The molecule has 0 aromatic heterocycles. The highest BCUT2D eigenvalue weighted by Gasteiger charge is 2.46. The van der Waals surface area contributed by atoms with Gasteiger partial charge in [-0.3, -0.25) is 4.79 Å². The number of ether oxygens (including phenoxy) is 1. The van der Waals surface area contributed by atoms with Crippen LogP contribution in [0.25, 0.3) is 11.1 Å². The van der Waals surface area contributed by atoms with E-state index in [0.29, 0.717) is 11.3 Å². The topological polar surface area (TPSA) is 26.3 Å².